The van der Waals surface area contributed by atoms with Crippen molar-refractivity contribution in [3.8, 4) is 0 Å². The second-order valence-electron chi connectivity index (χ2n) is 7.38. The van der Waals surface area contributed by atoms with Crippen LogP contribution >= 0.6 is 0 Å². The van der Waals surface area contributed by atoms with Gasteiger partial charge in [-0.1, -0.05) is 56.7 Å². The van der Waals surface area contributed by atoms with Crippen LogP contribution in [0.25, 0.3) is 0 Å². The summed E-state index contributed by atoms with van der Waals surface area (Å²) in [4.78, 5) is 12.5. The van der Waals surface area contributed by atoms with Gasteiger partial charge in [-0.15, -0.1) is 0 Å². The van der Waals surface area contributed by atoms with Crippen molar-refractivity contribution in [1.82, 2.24) is 5.32 Å². The SMILES string of the molecule is Cc1ccc([C@@H](C)NC(=O)c2ccc(C(C)(C)C)cc2)c(C)c1. The molecular weight excluding hydrogens is 282 g/mol. The Hall–Kier alpha value is -2.09. The summed E-state index contributed by atoms with van der Waals surface area (Å²) < 4.78 is 0. The molecule has 0 unspecified atom stereocenters. The quantitative estimate of drug-likeness (QED) is 0.840. The van der Waals surface area contributed by atoms with Crippen molar-refractivity contribution in [3.05, 3.63) is 70.3 Å². The lowest BCUT2D eigenvalue weighted by molar-refractivity contribution is 0.0940. The number of benzene rings is 2. The van der Waals surface area contributed by atoms with Crippen molar-refractivity contribution >= 4 is 5.91 Å². The van der Waals surface area contributed by atoms with Crippen molar-refractivity contribution in [2.24, 2.45) is 0 Å². The Balaban J connectivity index is 2.12. The van der Waals surface area contributed by atoms with Crippen molar-refractivity contribution < 1.29 is 4.79 Å². The molecule has 1 amide bonds. The zero-order chi connectivity index (χ0) is 17.2. The molecule has 0 saturated carbocycles. The molecule has 2 rings (SSSR count). The highest BCUT2D eigenvalue weighted by molar-refractivity contribution is 5.94. The first-order valence-corrected chi connectivity index (χ1v) is 8.17. The molecule has 0 bridgehead atoms. The third-order valence-electron chi connectivity index (χ3n) is 4.25. The first kappa shape index (κ1) is 17.3. The molecule has 1 atom stereocenters. The van der Waals surface area contributed by atoms with Gasteiger partial charge >= 0.3 is 0 Å². The van der Waals surface area contributed by atoms with E-state index < -0.39 is 0 Å². The highest BCUT2D eigenvalue weighted by Crippen LogP contribution is 2.23. The number of nitrogens with one attached hydrogen (secondary N) is 1. The van der Waals surface area contributed by atoms with Gasteiger partial charge in [0.15, 0.2) is 0 Å². The van der Waals surface area contributed by atoms with Crippen molar-refractivity contribution in [3.63, 3.8) is 0 Å². The Morgan fingerprint density at radius 2 is 1.61 bits per heavy atom. The molecule has 23 heavy (non-hydrogen) atoms. The van der Waals surface area contributed by atoms with E-state index in [9.17, 15) is 4.79 Å². The molecule has 0 aliphatic rings. The monoisotopic (exact) mass is 309 g/mol. The Kier molecular flexibility index (Phi) is 4.93. The topological polar surface area (TPSA) is 29.1 Å². The molecule has 0 saturated heterocycles. The van der Waals surface area contributed by atoms with E-state index in [1.165, 1.54) is 16.7 Å². The van der Waals surface area contributed by atoms with Gasteiger partial charge in [0, 0.05) is 5.56 Å². The van der Waals surface area contributed by atoms with E-state index in [0.717, 1.165) is 5.56 Å². The molecule has 122 valence electrons. The van der Waals surface area contributed by atoms with Gasteiger partial charge in [0.2, 0.25) is 0 Å². The molecule has 2 nitrogen and oxygen atoms in total. The van der Waals surface area contributed by atoms with Crippen LogP contribution in [-0.2, 0) is 5.41 Å². The highest BCUT2D eigenvalue weighted by atomic mass is 16.1. The summed E-state index contributed by atoms with van der Waals surface area (Å²) in [7, 11) is 0. The van der Waals surface area contributed by atoms with Gasteiger partial charge in [-0.2, -0.15) is 0 Å². The smallest absolute Gasteiger partial charge is 0.251 e. The lowest BCUT2D eigenvalue weighted by atomic mass is 9.86. The van der Waals surface area contributed by atoms with Crippen molar-refractivity contribution in [2.75, 3.05) is 0 Å². The lowest BCUT2D eigenvalue weighted by Crippen LogP contribution is -2.27. The van der Waals surface area contributed by atoms with E-state index in [1.54, 1.807) is 0 Å². The largest absolute Gasteiger partial charge is 0.346 e. The van der Waals surface area contributed by atoms with E-state index in [1.807, 2.05) is 31.2 Å². The van der Waals surface area contributed by atoms with Gasteiger partial charge in [-0.05, 0) is 55.0 Å². The fourth-order valence-electron chi connectivity index (χ4n) is 2.79. The first-order valence-electron chi connectivity index (χ1n) is 8.17. The number of carbonyl (C=O) groups is 1. The van der Waals surface area contributed by atoms with Gasteiger partial charge in [-0.3, -0.25) is 4.79 Å². The summed E-state index contributed by atoms with van der Waals surface area (Å²) in [6.07, 6.45) is 0. The van der Waals surface area contributed by atoms with Crippen LogP contribution in [0, 0.1) is 13.8 Å². The number of carbonyl (C=O) groups excluding carboxylic acids is 1. The zero-order valence-corrected chi connectivity index (χ0v) is 15.0. The van der Waals surface area contributed by atoms with Crippen LogP contribution in [0.4, 0.5) is 0 Å². The predicted octanol–water partition coefficient (Wildman–Crippen LogP) is 5.09. The third-order valence-corrected chi connectivity index (χ3v) is 4.25. The molecule has 0 fully saturated rings. The van der Waals surface area contributed by atoms with Gasteiger partial charge in [0.1, 0.15) is 0 Å². The van der Waals surface area contributed by atoms with Crippen LogP contribution < -0.4 is 5.32 Å². The molecule has 0 aliphatic heterocycles. The summed E-state index contributed by atoms with van der Waals surface area (Å²) in [5.41, 5.74) is 5.64. The summed E-state index contributed by atoms with van der Waals surface area (Å²) in [5.74, 6) is -0.0297. The molecule has 2 aromatic carbocycles. The molecule has 0 aromatic heterocycles. The fraction of sp³-hybridized carbons (Fsp3) is 0.381. The minimum atomic E-state index is -0.0297. The van der Waals surface area contributed by atoms with Crippen molar-refractivity contribution in [1.29, 1.82) is 0 Å². The average Bonchev–Trinajstić information content (AvgIpc) is 2.46. The molecule has 0 spiro atoms. The maximum Gasteiger partial charge on any atom is 0.251 e. The van der Waals surface area contributed by atoms with Gasteiger partial charge in [0.25, 0.3) is 5.91 Å². The van der Waals surface area contributed by atoms with Crippen LogP contribution in [0.1, 0.15) is 66.3 Å². The average molecular weight is 309 g/mol. The van der Waals surface area contributed by atoms with Crippen LogP contribution in [-0.4, -0.2) is 5.91 Å². The van der Waals surface area contributed by atoms with E-state index in [0.29, 0.717) is 5.56 Å². The van der Waals surface area contributed by atoms with Crippen LogP contribution in [0.5, 0.6) is 0 Å². The van der Waals surface area contributed by atoms with Crippen molar-refractivity contribution in [2.45, 2.75) is 53.0 Å². The van der Waals surface area contributed by atoms with Crippen LogP contribution in [0.3, 0.4) is 0 Å². The molecule has 0 radical (unpaired) electrons. The zero-order valence-electron chi connectivity index (χ0n) is 15.0. The predicted molar refractivity (Wildman–Crippen MR) is 96.9 cm³/mol. The van der Waals surface area contributed by atoms with Crippen LogP contribution in [0.15, 0.2) is 42.5 Å². The van der Waals surface area contributed by atoms with E-state index >= 15 is 0 Å². The second kappa shape index (κ2) is 6.57. The standard InChI is InChI=1S/C21H27NO/c1-14-7-12-19(15(2)13-14)16(3)22-20(23)17-8-10-18(11-9-17)21(4,5)6/h7-13,16H,1-6H3,(H,22,23)/t16-/m1/s1. The van der Waals surface area contributed by atoms with E-state index in [-0.39, 0.29) is 17.4 Å². The summed E-state index contributed by atoms with van der Waals surface area (Å²) in [6, 6.07) is 14.2. The highest BCUT2D eigenvalue weighted by Gasteiger charge is 2.16. The fourth-order valence-corrected chi connectivity index (χ4v) is 2.79. The summed E-state index contributed by atoms with van der Waals surface area (Å²) in [5, 5.41) is 3.09. The molecular formula is C21H27NO. The summed E-state index contributed by atoms with van der Waals surface area (Å²) in [6.45, 7) is 12.7. The van der Waals surface area contributed by atoms with Gasteiger partial charge in [-0.25, -0.2) is 0 Å². The molecule has 0 heterocycles. The Morgan fingerprint density at radius 3 is 2.13 bits per heavy atom. The summed E-state index contributed by atoms with van der Waals surface area (Å²) >= 11 is 0. The number of aryl methyl sites for hydroxylation is 2. The Labute approximate surface area is 139 Å². The number of hydrogen-bond acceptors (Lipinski definition) is 1. The molecule has 1 N–H and O–H groups in total. The molecule has 2 heteroatoms. The van der Waals surface area contributed by atoms with E-state index in [4.69, 9.17) is 0 Å². The Bertz CT molecular complexity index is 693. The number of hydrogen-bond donors (Lipinski definition) is 1. The lowest BCUT2D eigenvalue weighted by Gasteiger charge is -2.20. The van der Waals surface area contributed by atoms with Gasteiger partial charge < -0.3 is 5.32 Å². The Morgan fingerprint density at radius 1 is 1.00 bits per heavy atom. The second-order valence-corrected chi connectivity index (χ2v) is 7.38. The number of amides is 1. The molecule has 0 aliphatic carbocycles. The minimum absolute atomic E-state index is 0.00890. The van der Waals surface area contributed by atoms with E-state index in [2.05, 4.69) is 58.1 Å². The third kappa shape index (κ3) is 4.22. The maximum absolute atomic E-state index is 12.5. The van der Waals surface area contributed by atoms with Crippen LogP contribution in [0.2, 0.25) is 0 Å². The van der Waals surface area contributed by atoms with Gasteiger partial charge in [0.05, 0.1) is 6.04 Å². The minimum Gasteiger partial charge on any atom is -0.346 e. The normalized spacial score (nSPS) is 12.8. The molecule has 2 aromatic rings. The number of rotatable bonds is 3. The maximum atomic E-state index is 12.5. The first-order chi connectivity index (χ1) is 10.7.